The zero-order chi connectivity index (χ0) is 20.8. The molecule has 6 nitrogen and oxygen atoms in total. The largest absolute Gasteiger partial charge is 0.497 e. The van der Waals surface area contributed by atoms with Crippen molar-refractivity contribution in [3.05, 3.63) is 71.4 Å². The summed E-state index contributed by atoms with van der Waals surface area (Å²) in [6, 6.07) is 16.0. The van der Waals surface area contributed by atoms with Crippen molar-refractivity contribution in [2.24, 2.45) is 0 Å². The van der Waals surface area contributed by atoms with Crippen molar-refractivity contribution < 1.29 is 19.0 Å². The first-order valence-electron chi connectivity index (χ1n) is 8.88. The minimum absolute atomic E-state index is 0.122. The van der Waals surface area contributed by atoms with Crippen LogP contribution in [0.1, 0.15) is 12.5 Å². The Morgan fingerprint density at radius 1 is 1.00 bits per heavy atom. The van der Waals surface area contributed by atoms with Gasteiger partial charge in [-0.05, 0) is 48.5 Å². The van der Waals surface area contributed by atoms with Crippen LogP contribution in [-0.2, 0) is 11.3 Å². The second kappa shape index (κ2) is 9.30. The number of carbonyl (C=O) groups excluding carboxylic acids is 1. The van der Waals surface area contributed by atoms with Gasteiger partial charge < -0.3 is 19.1 Å². The van der Waals surface area contributed by atoms with Crippen LogP contribution in [0.5, 0.6) is 23.1 Å². The van der Waals surface area contributed by atoms with Crippen molar-refractivity contribution >= 4 is 23.2 Å². The fourth-order valence-corrected chi connectivity index (χ4v) is 2.90. The molecule has 0 unspecified atom stereocenters. The van der Waals surface area contributed by atoms with Crippen LogP contribution in [0, 0.1) is 0 Å². The molecule has 0 saturated heterocycles. The molecule has 0 radical (unpaired) electrons. The van der Waals surface area contributed by atoms with E-state index in [9.17, 15) is 4.79 Å². The van der Waals surface area contributed by atoms with Crippen molar-refractivity contribution in [3.63, 3.8) is 0 Å². The number of anilines is 1. The number of nitrogens with zero attached hydrogens (tertiary/aromatic N) is 2. The van der Waals surface area contributed by atoms with Gasteiger partial charge >= 0.3 is 0 Å². The summed E-state index contributed by atoms with van der Waals surface area (Å²) < 4.78 is 16.4. The Balaban J connectivity index is 1.81. The summed E-state index contributed by atoms with van der Waals surface area (Å²) in [5.74, 6) is 2.28. The normalized spacial score (nSPS) is 10.3. The van der Waals surface area contributed by atoms with Crippen molar-refractivity contribution in [1.82, 2.24) is 4.98 Å². The minimum Gasteiger partial charge on any atom is -0.497 e. The number of halogens is 1. The molecule has 3 rings (SSSR count). The molecule has 1 heterocycles. The zero-order valence-corrected chi connectivity index (χ0v) is 17.1. The number of hydrogen-bond acceptors (Lipinski definition) is 5. The van der Waals surface area contributed by atoms with E-state index in [0.29, 0.717) is 40.4 Å². The Kier molecular flexibility index (Phi) is 6.57. The van der Waals surface area contributed by atoms with Crippen LogP contribution in [0.3, 0.4) is 0 Å². The number of pyridine rings is 1. The lowest BCUT2D eigenvalue weighted by Gasteiger charge is -2.22. The van der Waals surface area contributed by atoms with Crippen molar-refractivity contribution in [2.75, 3.05) is 19.1 Å². The number of rotatable bonds is 7. The molecule has 0 aliphatic heterocycles. The lowest BCUT2D eigenvalue weighted by atomic mass is 10.1. The highest BCUT2D eigenvalue weighted by Crippen LogP contribution is 2.28. The average Bonchev–Trinajstić information content (AvgIpc) is 2.74. The molecular formula is C22H21ClN2O4. The maximum Gasteiger partial charge on any atom is 0.224 e. The third kappa shape index (κ3) is 5.18. The molecule has 1 amide bonds. The predicted molar refractivity (Wildman–Crippen MR) is 112 cm³/mol. The van der Waals surface area contributed by atoms with Crippen LogP contribution in [0.15, 0.2) is 60.8 Å². The van der Waals surface area contributed by atoms with Gasteiger partial charge in [0.05, 0.1) is 32.6 Å². The monoisotopic (exact) mass is 412 g/mol. The number of hydrogen-bond donors (Lipinski definition) is 0. The first-order chi connectivity index (χ1) is 14.0. The van der Waals surface area contributed by atoms with Gasteiger partial charge in [0.15, 0.2) is 0 Å². The molecule has 0 fully saturated rings. The summed E-state index contributed by atoms with van der Waals surface area (Å²) in [5, 5.41) is 0.630. The van der Waals surface area contributed by atoms with Gasteiger partial charge in [0.1, 0.15) is 17.2 Å². The first kappa shape index (κ1) is 20.5. The SMILES string of the molecule is COc1ccc(OC)c(CN(C(C)=O)c2ccc(Oc3ccc(Cl)cc3)nc2)c1. The number of ether oxygens (including phenoxy) is 3. The summed E-state index contributed by atoms with van der Waals surface area (Å²) >= 11 is 5.88. The van der Waals surface area contributed by atoms with Gasteiger partial charge in [-0.3, -0.25) is 4.79 Å². The van der Waals surface area contributed by atoms with Crippen LogP contribution in [0.4, 0.5) is 5.69 Å². The topological polar surface area (TPSA) is 60.9 Å². The van der Waals surface area contributed by atoms with Crippen molar-refractivity contribution in [2.45, 2.75) is 13.5 Å². The van der Waals surface area contributed by atoms with Gasteiger partial charge in [0, 0.05) is 23.6 Å². The Bertz CT molecular complexity index is 975. The van der Waals surface area contributed by atoms with E-state index in [1.165, 1.54) is 6.92 Å². The molecule has 0 saturated carbocycles. The molecule has 150 valence electrons. The Hall–Kier alpha value is -3.25. The highest BCUT2D eigenvalue weighted by atomic mass is 35.5. The van der Waals surface area contributed by atoms with E-state index in [-0.39, 0.29) is 5.91 Å². The Morgan fingerprint density at radius 3 is 2.31 bits per heavy atom. The van der Waals surface area contributed by atoms with E-state index >= 15 is 0 Å². The molecule has 0 spiro atoms. The molecule has 2 aromatic carbocycles. The molecule has 0 aliphatic carbocycles. The molecule has 0 atom stereocenters. The van der Waals surface area contributed by atoms with E-state index in [0.717, 1.165) is 5.56 Å². The minimum atomic E-state index is -0.122. The van der Waals surface area contributed by atoms with Crippen LogP contribution in [0.2, 0.25) is 5.02 Å². The van der Waals surface area contributed by atoms with Gasteiger partial charge in [-0.2, -0.15) is 0 Å². The quantitative estimate of drug-likeness (QED) is 0.540. The highest BCUT2D eigenvalue weighted by molar-refractivity contribution is 6.30. The lowest BCUT2D eigenvalue weighted by molar-refractivity contribution is -0.116. The van der Waals surface area contributed by atoms with Crippen molar-refractivity contribution in [1.29, 1.82) is 0 Å². The van der Waals surface area contributed by atoms with Gasteiger partial charge in [0.2, 0.25) is 11.8 Å². The van der Waals surface area contributed by atoms with Crippen LogP contribution in [0.25, 0.3) is 0 Å². The molecule has 7 heteroatoms. The van der Waals surface area contributed by atoms with Gasteiger partial charge in [-0.1, -0.05) is 11.6 Å². The van der Waals surface area contributed by atoms with Gasteiger partial charge in [-0.15, -0.1) is 0 Å². The van der Waals surface area contributed by atoms with Crippen LogP contribution in [-0.4, -0.2) is 25.1 Å². The Morgan fingerprint density at radius 2 is 1.72 bits per heavy atom. The van der Waals surface area contributed by atoms with Crippen LogP contribution >= 0.6 is 11.6 Å². The van der Waals surface area contributed by atoms with E-state index in [4.69, 9.17) is 25.8 Å². The number of carbonyl (C=O) groups is 1. The number of amides is 1. The van der Waals surface area contributed by atoms with Crippen molar-refractivity contribution in [3.8, 4) is 23.1 Å². The molecule has 0 aliphatic rings. The Labute approximate surface area is 174 Å². The summed E-state index contributed by atoms with van der Waals surface area (Å²) in [4.78, 5) is 18.2. The van der Waals surface area contributed by atoms with E-state index < -0.39 is 0 Å². The first-order valence-corrected chi connectivity index (χ1v) is 9.26. The molecule has 1 aromatic heterocycles. The van der Waals surface area contributed by atoms with Gasteiger partial charge in [0.25, 0.3) is 0 Å². The summed E-state index contributed by atoms with van der Waals surface area (Å²) in [6.45, 7) is 1.82. The van der Waals surface area contributed by atoms with E-state index in [1.807, 2.05) is 18.2 Å². The lowest BCUT2D eigenvalue weighted by Crippen LogP contribution is -2.28. The maximum atomic E-state index is 12.3. The smallest absolute Gasteiger partial charge is 0.224 e. The standard InChI is InChI=1S/C22H21ClN2O4/c1-15(26)25(14-16-12-20(27-2)9-10-21(16)28-3)18-6-11-22(24-13-18)29-19-7-4-17(23)5-8-19/h4-13H,14H2,1-3H3. The molecular weight excluding hydrogens is 392 g/mol. The second-order valence-electron chi connectivity index (χ2n) is 6.19. The van der Waals surface area contributed by atoms with Gasteiger partial charge in [-0.25, -0.2) is 4.98 Å². The molecule has 0 bridgehead atoms. The molecule has 3 aromatic rings. The predicted octanol–water partition coefficient (Wildman–Crippen LogP) is 5.10. The maximum absolute atomic E-state index is 12.3. The van der Waals surface area contributed by atoms with E-state index in [2.05, 4.69) is 4.98 Å². The summed E-state index contributed by atoms with van der Waals surface area (Å²) in [7, 11) is 3.19. The number of aromatic nitrogens is 1. The molecule has 0 N–H and O–H groups in total. The van der Waals surface area contributed by atoms with Crippen LogP contribution < -0.4 is 19.1 Å². The highest BCUT2D eigenvalue weighted by Gasteiger charge is 2.16. The second-order valence-corrected chi connectivity index (χ2v) is 6.63. The number of benzene rings is 2. The zero-order valence-electron chi connectivity index (χ0n) is 16.4. The fourth-order valence-electron chi connectivity index (χ4n) is 2.78. The summed E-state index contributed by atoms with van der Waals surface area (Å²) in [6.07, 6.45) is 1.60. The third-order valence-corrected chi connectivity index (χ3v) is 4.52. The average molecular weight is 413 g/mol. The fraction of sp³-hybridized carbons (Fsp3) is 0.182. The third-order valence-electron chi connectivity index (χ3n) is 4.26. The summed E-state index contributed by atoms with van der Waals surface area (Å²) in [5.41, 5.74) is 1.47. The van der Waals surface area contributed by atoms with E-state index in [1.54, 1.807) is 61.7 Å². The molecule has 29 heavy (non-hydrogen) atoms. The number of methoxy groups -OCH3 is 2.